The zero-order valence-corrected chi connectivity index (χ0v) is 12.0. The zero-order chi connectivity index (χ0) is 14.7. The van der Waals surface area contributed by atoms with Gasteiger partial charge in [-0.15, -0.1) is 0 Å². The minimum absolute atomic E-state index is 0.0536. The summed E-state index contributed by atoms with van der Waals surface area (Å²) in [4.78, 5) is 19.6. The Balaban J connectivity index is 2.15. The van der Waals surface area contributed by atoms with E-state index in [0.29, 0.717) is 18.1 Å². The highest BCUT2D eigenvalue weighted by Gasteiger charge is 2.11. The first-order valence-electron chi connectivity index (χ1n) is 6.16. The van der Waals surface area contributed by atoms with E-state index >= 15 is 0 Å². The summed E-state index contributed by atoms with van der Waals surface area (Å²) < 4.78 is 6.43. The summed E-state index contributed by atoms with van der Waals surface area (Å²) in [5.74, 6) is 0.0911. The van der Waals surface area contributed by atoms with Crippen molar-refractivity contribution in [3.8, 4) is 0 Å². The summed E-state index contributed by atoms with van der Waals surface area (Å²) in [5, 5.41) is 7.34. The topological polar surface area (TPSA) is 81.9 Å². The van der Waals surface area contributed by atoms with Gasteiger partial charge in [-0.1, -0.05) is 0 Å². The van der Waals surface area contributed by atoms with Crippen LogP contribution in [0.4, 0.5) is 5.82 Å². The lowest BCUT2D eigenvalue weighted by Crippen LogP contribution is -2.11. The third-order valence-corrected chi connectivity index (χ3v) is 3.02. The average Bonchev–Trinajstić information content (AvgIpc) is 2.75. The van der Waals surface area contributed by atoms with Crippen LogP contribution >= 0.6 is 0 Å². The van der Waals surface area contributed by atoms with Crippen LogP contribution in [0.3, 0.4) is 0 Å². The first-order valence-corrected chi connectivity index (χ1v) is 6.16. The van der Waals surface area contributed by atoms with Gasteiger partial charge >= 0.3 is 5.97 Å². The minimum atomic E-state index is -0.547. The van der Waals surface area contributed by atoms with Crippen LogP contribution in [0.25, 0.3) is 0 Å². The number of aromatic nitrogens is 4. The highest BCUT2D eigenvalue weighted by molar-refractivity contribution is 5.85. The summed E-state index contributed by atoms with van der Waals surface area (Å²) in [7, 11) is 3.20. The molecule has 7 nitrogen and oxygen atoms in total. The Labute approximate surface area is 117 Å². The Morgan fingerprint density at radius 1 is 1.40 bits per heavy atom. The third-order valence-electron chi connectivity index (χ3n) is 3.02. The Morgan fingerprint density at radius 3 is 2.75 bits per heavy atom. The minimum Gasteiger partial charge on any atom is -0.463 e. The fourth-order valence-corrected chi connectivity index (χ4v) is 1.75. The fourth-order valence-electron chi connectivity index (χ4n) is 1.75. The fraction of sp³-hybridized carbons (Fsp3) is 0.385. The van der Waals surface area contributed by atoms with Gasteiger partial charge < -0.3 is 10.1 Å². The van der Waals surface area contributed by atoms with Gasteiger partial charge in [-0.3, -0.25) is 4.68 Å². The summed E-state index contributed by atoms with van der Waals surface area (Å²) in [6.07, 6.45) is 1.80. The molecule has 0 fully saturated rings. The number of hydrogen-bond donors (Lipinski definition) is 1. The lowest BCUT2D eigenvalue weighted by Gasteiger charge is -2.07. The molecule has 7 heteroatoms. The Bertz CT molecular complexity index is 636. The number of carbonyl (C=O) groups is 1. The molecule has 2 heterocycles. The standard InChI is InChI=1S/C13H17N5O2/c1-8-5-11(17-12(16-8)13(19)20-4)14-6-10-7-15-18(3)9(10)2/h5,7H,6H2,1-4H3,(H,14,16,17). The van der Waals surface area contributed by atoms with E-state index in [2.05, 4.69) is 25.1 Å². The number of esters is 1. The van der Waals surface area contributed by atoms with Crippen LogP contribution in [-0.2, 0) is 18.3 Å². The number of ether oxygens (including phenoxy) is 1. The average molecular weight is 275 g/mol. The molecule has 0 spiro atoms. The maximum atomic E-state index is 11.5. The predicted molar refractivity (Wildman–Crippen MR) is 73.4 cm³/mol. The Hall–Kier alpha value is -2.44. The van der Waals surface area contributed by atoms with Crippen molar-refractivity contribution in [2.24, 2.45) is 7.05 Å². The van der Waals surface area contributed by atoms with Crippen LogP contribution in [-0.4, -0.2) is 32.8 Å². The van der Waals surface area contributed by atoms with E-state index in [9.17, 15) is 4.79 Å². The number of methoxy groups -OCH3 is 1. The van der Waals surface area contributed by atoms with Gasteiger partial charge in [0, 0.05) is 36.6 Å². The van der Waals surface area contributed by atoms with Gasteiger partial charge in [0.25, 0.3) is 0 Å². The SMILES string of the molecule is COC(=O)c1nc(C)cc(NCc2cnn(C)c2C)n1. The highest BCUT2D eigenvalue weighted by Crippen LogP contribution is 2.11. The maximum absolute atomic E-state index is 11.5. The third kappa shape index (κ3) is 2.93. The zero-order valence-electron chi connectivity index (χ0n) is 12.0. The van der Waals surface area contributed by atoms with Gasteiger partial charge in [0.15, 0.2) is 0 Å². The first-order chi connectivity index (χ1) is 9.51. The van der Waals surface area contributed by atoms with Crippen molar-refractivity contribution in [1.82, 2.24) is 19.7 Å². The van der Waals surface area contributed by atoms with Gasteiger partial charge in [0.05, 0.1) is 13.3 Å². The van der Waals surface area contributed by atoms with E-state index < -0.39 is 5.97 Å². The number of hydrogen-bond acceptors (Lipinski definition) is 6. The van der Waals surface area contributed by atoms with E-state index in [1.54, 1.807) is 19.2 Å². The number of nitrogens with one attached hydrogen (secondary N) is 1. The molecule has 0 saturated carbocycles. The molecule has 0 aliphatic carbocycles. The summed E-state index contributed by atoms with van der Waals surface area (Å²) in [6.45, 7) is 4.38. The quantitative estimate of drug-likeness (QED) is 0.845. The molecular weight excluding hydrogens is 258 g/mol. The molecule has 0 amide bonds. The van der Waals surface area contributed by atoms with Gasteiger partial charge in [0.1, 0.15) is 5.82 Å². The van der Waals surface area contributed by atoms with Gasteiger partial charge in [-0.05, 0) is 13.8 Å². The van der Waals surface area contributed by atoms with E-state index in [4.69, 9.17) is 0 Å². The van der Waals surface area contributed by atoms with E-state index in [-0.39, 0.29) is 5.82 Å². The van der Waals surface area contributed by atoms with Crippen molar-refractivity contribution in [3.63, 3.8) is 0 Å². The first kappa shape index (κ1) is 14.0. The van der Waals surface area contributed by atoms with Crippen molar-refractivity contribution < 1.29 is 9.53 Å². The molecule has 0 radical (unpaired) electrons. The van der Waals surface area contributed by atoms with Crippen molar-refractivity contribution in [3.05, 3.63) is 35.0 Å². The number of nitrogens with zero attached hydrogens (tertiary/aromatic N) is 4. The lowest BCUT2D eigenvalue weighted by molar-refractivity contribution is 0.0586. The summed E-state index contributed by atoms with van der Waals surface area (Å²) >= 11 is 0. The Morgan fingerprint density at radius 2 is 2.15 bits per heavy atom. The highest BCUT2D eigenvalue weighted by atomic mass is 16.5. The summed E-state index contributed by atoms with van der Waals surface area (Å²) in [5.41, 5.74) is 2.85. The van der Waals surface area contributed by atoms with Crippen LogP contribution < -0.4 is 5.32 Å². The van der Waals surface area contributed by atoms with Crippen molar-refractivity contribution >= 4 is 11.8 Å². The predicted octanol–water partition coefficient (Wildman–Crippen LogP) is 1.23. The van der Waals surface area contributed by atoms with E-state index in [0.717, 1.165) is 11.3 Å². The lowest BCUT2D eigenvalue weighted by atomic mass is 10.2. The van der Waals surface area contributed by atoms with Gasteiger partial charge in [-0.25, -0.2) is 14.8 Å². The molecular formula is C13H17N5O2. The smallest absolute Gasteiger partial charge is 0.376 e. The monoisotopic (exact) mass is 275 g/mol. The van der Waals surface area contributed by atoms with Crippen LogP contribution in [0.15, 0.2) is 12.3 Å². The number of anilines is 1. The normalized spacial score (nSPS) is 10.4. The second-order valence-electron chi connectivity index (χ2n) is 4.44. The molecule has 1 N–H and O–H groups in total. The molecule has 2 aromatic heterocycles. The number of aryl methyl sites for hydroxylation is 2. The molecule has 2 rings (SSSR count). The number of rotatable bonds is 4. The van der Waals surface area contributed by atoms with Crippen LogP contribution in [0.5, 0.6) is 0 Å². The molecule has 2 aromatic rings. The molecule has 0 aromatic carbocycles. The van der Waals surface area contributed by atoms with E-state index in [1.165, 1.54) is 7.11 Å². The molecule has 0 atom stereocenters. The largest absolute Gasteiger partial charge is 0.463 e. The number of carbonyl (C=O) groups excluding carboxylic acids is 1. The molecule has 20 heavy (non-hydrogen) atoms. The summed E-state index contributed by atoms with van der Waals surface area (Å²) in [6, 6.07) is 1.78. The second kappa shape index (κ2) is 5.68. The van der Waals surface area contributed by atoms with Crippen LogP contribution in [0.2, 0.25) is 0 Å². The molecule has 0 bridgehead atoms. The van der Waals surface area contributed by atoms with E-state index in [1.807, 2.05) is 18.7 Å². The van der Waals surface area contributed by atoms with Crippen molar-refractivity contribution in [1.29, 1.82) is 0 Å². The van der Waals surface area contributed by atoms with Crippen LogP contribution in [0, 0.1) is 13.8 Å². The van der Waals surface area contributed by atoms with Crippen molar-refractivity contribution in [2.75, 3.05) is 12.4 Å². The Kier molecular flexibility index (Phi) is 3.97. The van der Waals surface area contributed by atoms with Gasteiger partial charge in [-0.2, -0.15) is 5.10 Å². The molecule has 0 unspecified atom stereocenters. The molecule has 0 aliphatic rings. The maximum Gasteiger partial charge on any atom is 0.376 e. The molecule has 106 valence electrons. The van der Waals surface area contributed by atoms with Crippen molar-refractivity contribution in [2.45, 2.75) is 20.4 Å². The van der Waals surface area contributed by atoms with Crippen LogP contribution in [0.1, 0.15) is 27.6 Å². The molecule has 0 saturated heterocycles. The molecule has 0 aliphatic heterocycles. The second-order valence-corrected chi connectivity index (χ2v) is 4.44. The van der Waals surface area contributed by atoms with Gasteiger partial charge in [0.2, 0.25) is 5.82 Å².